The molecule has 0 radical (unpaired) electrons. The first-order chi connectivity index (χ1) is 5.95. The molecule has 0 amide bonds. The smallest absolute Gasteiger partial charge is 0.165 e. The molecule has 66 valence electrons. The number of aromatic amines is 1. The summed E-state index contributed by atoms with van der Waals surface area (Å²) in [5.74, 6) is 2.19. The van der Waals surface area contributed by atoms with Crippen molar-refractivity contribution in [3.8, 4) is 0 Å². The first kappa shape index (κ1) is 8.17. The lowest BCUT2D eigenvalue weighted by Gasteiger charge is -2.05. The van der Waals surface area contributed by atoms with Crippen LogP contribution >= 0.6 is 11.8 Å². The van der Waals surface area contributed by atoms with Crippen LogP contribution in [0.5, 0.6) is 0 Å². The zero-order valence-corrected chi connectivity index (χ0v) is 7.94. The van der Waals surface area contributed by atoms with Gasteiger partial charge in [0.1, 0.15) is 0 Å². The molecule has 1 fully saturated rings. The Bertz CT molecular complexity index is 214. The van der Waals surface area contributed by atoms with Gasteiger partial charge in [-0.05, 0) is 18.8 Å². The van der Waals surface area contributed by atoms with Gasteiger partial charge in [-0.3, -0.25) is 0 Å². The van der Waals surface area contributed by atoms with Crippen LogP contribution in [0, 0.1) is 5.92 Å². The highest BCUT2D eigenvalue weighted by molar-refractivity contribution is 7.99. The molecule has 0 atom stereocenters. The van der Waals surface area contributed by atoms with Crippen molar-refractivity contribution >= 4 is 11.8 Å². The fourth-order valence-corrected chi connectivity index (χ4v) is 2.72. The van der Waals surface area contributed by atoms with Crippen molar-refractivity contribution in [1.82, 2.24) is 9.97 Å². The SMILES string of the molecule is c1c[nH]c(SCC2CCCC2)n1. The van der Waals surface area contributed by atoms with E-state index in [-0.39, 0.29) is 0 Å². The number of nitrogens with one attached hydrogen (secondary N) is 1. The predicted octanol–water partition coefficient (Wildman–Crippen LogP) is 2.69. The summed E-state index contributed by atoms with van der Waals surface area (Å²) >= 11 is 1.86. The summed E-state index contributed by atoms with van der Waals surface area (Å²) in [6, 6.07) is 0. The van der Waals surface area contributed by atoms with Gasteiger partial charge in [0.25, 0.3) is 0 Å². The minimum absolute atomic E-state index is 0.945. The van der Waals surface area contributed by atoms with E-state index in [1.807, 2.05) is 24.2 Å². The minimum Gasteiger partial charge on any atom is -0.340 e. The molecule has 12 heavy (non-hydrogen) atoms. The Morgan fingerprint density at radius 3 is 3.00 bits per heavy atom. The third kappa shape index (κ3) is 2.03. The highest BCUT2D eigenvalue weighted by atomic mass is 32.2. The zero-order valence-electron chi connectivity index (χ0n) is 7.12. The van der Waals surface area contributed by atoms with Crippen LogP contribution in [0.2, 0.25) is 0 Å². The van der Waals surface area contributed by atoms with Crippen LogP contribution in [-0.2, 0) is 0 Å². The van der Waals surface area contributed by atoms with Gasteiger partial charge < -0.3 is 4.98 Å². The quantitative estimate of drug-likeness (QED) is 0.728. The molecule has 0 spiro atoms. The molecular weight excluding hydrogens is 168 g/mol. The van der Waals surface area contributed by atoms with Crippen molar-refractivity contribution in [3.63, 3.8) is 0 Å². The number of hydrogen-bond donors (Lipinski definition) is 1. The molecule has 0 saturated heterocycles. The van der Waals surface area contributed by atoms with Gasteiger partial charge >= 0.3 is 0 Å². The lowest BCUT2D eigenvalue weighted by molar-refractivity contribution is 0.622. The number of aromatic nitrogens is 2. The van der Waals surface area contributed by atoms with Gasteiger partial charge in [0.05, 0.1) is 0 Å². The zero-order chi connectivity index (χ0) is 8.23. The van der Waals surface area contributed by atoms with Gasteiger partial charge in [-0.2, -0.15) is 0 Å². The third-order valence-corrected chi connectivity index (χ3v) is 3.54. The first-order valence-corrected chi connectivity index (χ1v) is 5.56. The van der Waals surface area contributed by atoms with E-state index in [0.717, 1.165) is 11.1 Å². The first-order valence-electron chi connectivity index (χ1n) is 4.57. The van der Waals surface area contributed by atoms with Crippen molar-refractivity contribution < 1.29 is 0 Å². The van der Waals surface area contributed by atoms with Crippen LogP contribution < -0.4 is 0 Å². The summed E-state index contributed by atoms with van der Waals surface area (Å²) in [5, 5.41) is 1.07. The lowest BCUT2D eigenvalue weighted by atomic mass is 10.1. The van der Waals surface area contributed by atoms with Crippen LogP contribution in [0.3, 0.4) is 0 Å². The van der Waals surface area contributed by atoms with Crippen molar-refractivity contribution in [2.45, 2.75) is 30.8 Å². The Labute approximate surface area is 77.2 Å². The fourth-order valence-electron chi connectivity index (χ4n) is 1.70. The summed E-state index contributed by atoms with van der Waals surface area (Å²) in [6.07, 6.45) is 9.42. The van der Waals surface area contributed by atoms with Gasteiger partial charge in [0.15, 0.2) is 5.16 Å². The van der Waals surface area contributed by atoms with Crippen molar-refractivity contribution in [1.29, 1.82) is 0 Å². The van der Waals surface area contributed by atoms with E-state index in [9.17, 15) is 0 Å². The molecule has 1 aromatic rings. The standard InChI is InChI=1S/C9H14N2S/c1-2-4-8(3-1)7-12-9-10-5-6-11-9/h5-6,8H,1-4,7H2,(H,10,11). The maximum atomic E-state index is 4.18. The van der Waals surface area contributed by atoms with E-state index in [4.69, 9.17) is 0 Å². The summed E-state index contributed by atoms with van der Waals surface area (Å²) in [4.78, 5) is 7.30. The van der Waals surface area contributed by atoms with Crippen LogP contribution in [0.25, 0.3) is 0 Å². The molecule has 2 rings (SSSR count). The van der Waals surface area contributed by atoms with Gasteiger partial charge in [0, 0.05) is 18.1 Å². The highest BCUT2D eigenvalue weighted by Crippen LogP contribution is 2.29. The van der Waals surface area contributed by atoms with Crippen molar-refractivity contribution in [2.24, 2.45) is 5.92 Å². The van der Waals surface area contributed by atoms with Gasteiger partial charge in [0.2, 0.25) is 0 Å². The van der Waals surface area contributed by atoms with Crippen LogP contribution in [0.4, 0.5) is 0 Å². The Kier molecular flexibility index (Phi) is 2.71. The average Bonchev–Trinajstić information content (AvgIpc) is 2.74. The summed E-state index contributed by atoms with van der Waals surface area (Å²) in [6.45, 7) is 0. The summed E-state index contributed by atoms with van der Waals surface area (Å²) in [5.41, 5.74) is 0. The summed E-state index contributed by atoms with van der Waals surface area (Å²) < 4.78 is 0. The number of hydrogen-bond acceptors (Lipinski definition) is 2. The molecule has 0 aromatic carbocycles. The van der Waals surface area contributed by atoms with Crippen LogP contribution in [-0.4, -0.2) is 15.7 Å². The number of nitrogens with zero attached hydrogens (tertiary/aromatic N) is 1. The maximum Gasteiger partial charge on any atom is 0.165 e. The van der Waals surface area contributed by atoms with E-state index in [1.165, 1.54) is 31.4 Å². The second kappa shape index (κ2) is 3.99. The monoisotopic (exact) mass is 182 g/mol. The second-order valence-corrected chi connectivity index (χ2v) is 4.36. The Morgan fingerprint density at radius 1 is 1.50 bits per heavy atom. The fraction of sp³-hybridized carbons (Fsp3) is 0.667. The van der Waals surface area contributed by atoms with E-state index in [1.54, 1.807) is 0 Å². The molecule has 1 N–H and O–H groups in total. The molecular formula is C9H14N2S. The molecule has 0 aliphatic heterocycles. The third-order valence-electron chi connectivity index (χ3n) is 2.40. The van der Waals surface area contributed by atoms with Gasteiger partial charge in [-0.15, -0.1) is 0 Å². The molecule has 1 aliphatic rings. The Morgan fingerprint density at radius 2 is 2.33 bits per heavy atom. The second-order valence-electron chi connectivity index (χ2n) is 3.36. The van der Waals surface area contributed by atoms with Crippen molar-refractivity contribution in [3.05, 3.63) is 12.4 Å². The van der Waals surface area contributed by atoms with E-state index in [0.29, 0.717) is 0 Å². The molecule has 1 heterocycles. The molecule has 1 aliphatic carbocycles. The molecule has 3 heteroatoms. The molecule has 1 aromatic heterocycles. The molecule has 0 bridgehead atoms. The largest absolute Gasteiger partial charge is 0.340 e. The molecule has 2 nitrogen and oxygen atoms in total. The van der Waals surface area contributed by atoms with Gasteiger partial charge in [-0.1, -0.05) is 24.6 Å². The Hall–Kier alpha value is -0.440. The molecule has 0 unspecified atom stereocenters. The van der Waals surface area contributed by atoms with E-state index >= 15 is 0 Å². The van der Waals surface area contributed by atoms with Gasteiger partial charge in [-0.25, -0.2) is 4.98 Å². The number of H-pyrrole nitrogens is 1. The van der Waals surface area contributed by atoms with Crippen molar-refractivity contribution in [2.75, 3.05) is 5.75 Å². The molecule has 1 saturated carbocycles. The predicted molar refractivity (Wildman–Crippen MR) is 51.3 cm³/mol. The highest BCUT2D eigenvalue weighted by Gasteiger charge is 2.15. The van der Waals surface area contributed by atoms with E-state index in [2.05, 4.69) is 9.97 Å². The number of imidazole rings is 1. The average molecular weight is 182 g/mol. The minimum atomic E-state index is 0.945. The maximum absolute atomic E-state index is 4.18. The topological polar surface area (TPSA) is 28.7 Å². The number of rotatable bonds is 3. The summed E-state index contributed by atoms with van der Waals surface area (Å²) in [7, 11) is 0. The normalized spacial score (nSPS) is 18.7. The van der Waals surface area contributed by atoms with Crippen LogP contribution in [0.15, 0.2) is 17.6 Å². The van der Waals surface area contributed by atoms with E-state index < -0.39 is 0 Å². The Balaban J connectivity index is 1.74. The number of thioether (sulfide) groups is 1. The van der Waals surface area contributed by atoms with Crippen LogP contribution in [0.1, 0.15) is 25.7 Å². The lowest BCUT2D eigenvalue weighted by Crippen LogP contribution is -1.96.